The molecule has 0 aromatic heterocycles. The second-order valence-corrected chi connectivity index (χ2v) is 6.71. The highest BCUT2D eigenvalue weighted by atomic mass is 79.9. The Balaban J connectivity index is 1.81. The van der Waals surface area contributed by atoms with Gasteiger partial charge in [0.1, 0.15) is 0 Å². The molecule has 2 aliphatic rings. The molecule has 1 aliphatic carbocycles. The molecule has 4 rings (SSSR count). The largest absolute Gasteiger partial charge is 0.300 e. The second-order valence-electron chi connectivity index (χ2n) is 5.85. The van der Waals surface area contributed by atoms with Crippen molar-refractivity contribution in [3.05, 3.63) is 45.9 Å². The van der Waals surface area contributed by atoms with E-state index in [9.17, 15) is 0 Å². The van der Waals surface area contributed by atoms with Crippen LogP contribution in [-0.4, -0.2) is 24.0 Å². The Morgan fingerprint density at radius 3 is 2.47 bits per heavy atom. The van der Waals surface area contributed by atoms with Crippen LogP contribution < -0.4 is 0 Å². The molecule has 0 spiro atoms. The fourth-order valence-corrected chi connectivity index (χ4v) is 4.27. The van der Waals surface area contributed by atoms with Crippen LogP contribution in [0.15, 0.2) is 34.8 Å². The van der Waals surface area contributed by atoms with E-state index in [1.807, 2.05) is 0 Å². The first-order valence-electron chi connectivity index (χ1n) is 7.26. The Morgan fingerprint density at radius 1 is 0.947 bits per heavy atom. The van der Waals surface area contributed by atoms with Crippen molar-refractivity contribution in [2.75, 3.05) is 13.1 Å². The Labute approximate surface area is 122 Å². The molecule has 1 heterocycles. The number of benzene rings is 2. The zero-order valence-corrected chi connectivity index (χ0v) is 12.6. The van der Waals surface area contributed by atoms with Crippen molar-refractivity contribution in [1.82, 2.24) is 4.90 Å². The third kappa shape index (κ3) is 1.93. The minimum Gasteiger partial charge on any atom is -0.300 e. The Kier molecular flexibility index (Phi) is 2.89. The van der Waals surface area contributed by atoms with Crippen molar-refractivity contribution >= 4 is 26.7 Å². The van der Waals surface area contributed by atoms with E-state index in [-0.39, 0.29) is 0 Å². The average Bonchev–Trinajstić information content (AvgIpc) is 2.97. The molecule has 0 amide bonds. The van der Waals surface area contributed by atoms with Crippen LogP contribution in [-0.2, 0) is 12.8 Å². The SMILES string of the molecule is Brc1ccc2c3c(cccc13)CC(N1CCCC1)C2. The first-order valence-corrected chi connectivity index (χ1v) is 8.05. The summed E-state index contributed by atoms with van der Waals surface area (Å²) in [7, 11) is 0. The second kappa shape index (κ2) is 4.60. The predicted octanol–water partition coefficient (Wildman–Crippen LogP) is 4.17. The van der Waals surface area contributed by atoms with Crippen LogP contribution in [0.25, 0.3) is 10.8 Å². The van der Waals surface area contributed by atoms with Gasteiger partial charge in [-0.3, -0.25) is 4.90 Å². The normalized spacial score (nSPS) is 23.1. The van der Waals surface area contributed by atoms with Crippen molar-refractivity contribution in [1.29, 1.82) is 0 Å². The maximum absolute atomic E-state index is 3.69. The summed E-state index contributed by atoms with van der Waals surface area (Å²) < 4.78 is 1.23. The van der Waals surface area contributed by atoms with Gasteiger partial charge in [-0.1, -0.05) is 40.2 Å². The molecule has 1 fully saturated rings. The van der Waals surface area contributed by atoms with Crippen molar-refractivity contribution < 1.29 is 0 Å². The van der Waals surface area contributed by atoms with E-state index in [2.05, 4.69) is 51.2 Å². The van der Waals surface area contributed by atoms with E-state index in [0.29, 0.717) is 0 Å². The highest BCUT2D eigenvalue weighted by Gasteiger charge is 2.27. The molecule has 0 radical (unpaired) electrons. The quantitative estimate of drug-likeness (QED) is 0.763. The monoisotopic (exact) mass is 315 g/mol. The maximum Gasteiger partial charge on any atom is 0.0254 e. The molecule has 2 heteroatoms. The summed E-state index contributed by atoms with van der Waals surface area (Å²) in [6.07, 6.45) is 5.21. The topological polar surface area (TPSA) is 3.24 Å². The van der Waals surface area contributed by atoms with E-state index >= 15 is 0 Å². The standard InChI is InChI=1S/C17H18BrN/c18-16-7-6-13-11-14(19-8-1-2-9-19)10-12-4-3-5-15(16)17(12)13/h3-7,14H,1-2,8-11H2. The van der Waals surface area contributed by atoms with E-state index < -0.39 is 0 Å². The number of hydrogen-bond donors (Lipinski definition) is 0. The van der Waals surface area contributed by atoms with Gasteiger partial charge in [0.05, 0.1) is 0 Å². The van der Waals surface area contributed by atoms with E-state index in [0.717, 1.165) is 6.04 Å². The highest BCUT2D eigenvalue weighted by Crippen LogP contribution is 2.35. The summed E-state index contributed by atoms with van der Waals surface area (Å²) in [5.41, 5.74) is 3.08. The molecule has 0 bridgehead atoms. The fourth-order valence-electron chi connectivity index (χ4n) is 3.81. The van der Waals surface area contributed by atoms with Crippen LogP contribution in [0.3, 0.4) is 0 Å². The Hall–Kier alpha value is -0.860. The lowest BCUT2D eigenvalue weighted by Gasteiger charge is -2.32. The average molecular weight is 316 g/mol. The molecule has 1 saturated heterocycles. The first-order chi connectivity index (χ1) is 9.33. The zero-order valence-electron chi connectivity index (χ0n) is 11.0. The number of nitrogens with zero attached hydrogens (tertiary/aromatic N) is 1. The molecule has 19 heavy (non-hydrogen) atoms. The van der Waals surface area contributed by atoms with Gasteiger partial charge >= 0.3 is 0 Å². The first kappa shape index (κ1) is 11.9. The summed E-state index contributed by atoms with van der Waals surface area (Å²) in [4.78, 5) is 2.70. The summed E-state index contributed by atoms with van der Waals surface area (Å²) >= 11 is 3.69. The number of likely N-dealkylation sites (tertiary alicyclic amines) is 1. The molecular weight excluding hydrogens is 298 g/mol. The predicted molar refractivity (Wildman–Crippen MR) is 83.7 cm³/mol. The van der Waals surface area contributed by atoms with Crippen LogP contribution in [0.2, 0.25) is 0 Å². The summed E-state index contributed by atoms with van der Waals surface area (Å²) in [6, 6.07) is 12.0. The van der Waals surface area contributed by atoms with Gasteiger partial charge < -0.3 is 0 Å². The smallest absolute Gasteiger partial charge is 0.0254 e. The van der Waals surface area contributed by atoms with Gasteiger partial charge in [0.2, 0.25) is 0 Å². The minimum absolute atomic E-state index is 0.724. The summed E-state index contributed by atoms with van der Waals surface area (Å²) in [5, 5.41) is 2.89. The summed E-state index contributed by atoms with van der Waals surface area (Å²) in [6.45, 7) is 2.60. The van der Waals surface area contributed by atoms with E-state index in [1.165, 1.54) is 65.1 Å². The number of rotatable bonds is 1. The third-order valence-electron chi connectivity index (χ3n) is 4.73. The van der Waals surface area contributed by atoms with Crippen molar-refractivity contribution in [2.45, 2.75) is 31.7 Å². The van der Waals surface area contributed by atoms with Crippen molar-refractivity contribution in [2.24, 2.45) is 0 Å². The van der Waals surface area contributed by atoms with Gasteiger partial charge in [-0.25, -0.2) is 0 Å². The molecule has 2 aromatic carbocycles. The van der Waals surface area contributed by atoms with E-state index in [4.69, 9.17) is 0 Å². The number of halogens is 1. The number of hydrogen-bond acceptors (Lipinski definition) is 1. The lowest BCUT2D eigenvalue weighted by molar-refractivity contribution is 0.237. The van der Waals surface area contributed by atoms with Gasteiger partial charge in [-0.2, -0.15) is 0 Å². The molecule has 1 aliphatic heterocycles. The Morgan fingerprint density at radius 2 is 1.68 bits per heavy atom. The molecule has 1 nitrogen and oxygen atoms in total. The van der Waals surface area contributed by atoms with Crippen LogP contribution in [0.1, 0.15) is 24.0 Å². The van der Waals surface area contributed by atoms with Crippen LogP contribution >= 0.6 is 15.9 Å². The van der Waals surface area contributed by atoms with Crippen LogP contribution in [0, 0.1) is 0 Å². The molecule has 98 valence electrons. The highest BCUT2D eigenvalue weighted by molar-refractivity contribution is 9.10. The lowest BCUT2D eigenvalue weighted by atomic mass is 9.85. The van der Waals surface area contributed by atoms with Gasteiger partial charge in [0.15, 0.2) is 0 Å². The van der Waals surface area contributed by atoms with Crippen LogP contribution in [0.5, 0.6) is 0 Å². The van der Waals surface area contributed by atoms with E-state index in [1.54, 1.807) is 0 Å². The van der Waals surface area contributed by atoms with Crippen LogP contribution in [0.4, 0.5) is 0 Å². The van der Waals surface area contributed by atoms with Gasteiger partial charge in [-0.05, 0) is 66.7 Å². The molecule has 2 aromatic rings. The summed E-state index contributed by atoms with van der Waals surface area (Å²) in [5.74, 6) is 0. The fraction of sp³-hybridized carbons (Fsp3) is 0.412. The maximum atomic E-state index is 3.69. The third-order valence-corrected chi connectivity index (χ3v) is 5.42. The zero-order chi connectivity index (χ0) is 12.8. The lowest BCUT2D eigenvalue weighted by Crippen LogP contribution is -2.38. The molecule has 0 N–H and O–H groups in total. The van der Waals surface area contributed by atoms with Gasteiger partial charge in [0, 0.05) is 10.5 Å². The molecule has 1 atom stereocenters. The van der Waals surface area contributed by atoms with Gasteiger partial charge in [0.25, 0.3) is 0 Å². The molecule has 1 unspecified atom stereocenters. The molecular formula is C17H18BrN. The van der Waals surface area contributed by atoms with Crippen molar-refractivity contribution in [3.8, 4) is 0 Å². The van der Waals surface area contributed by atoms with Crippen molar-refractivity contribution in [3.63, 3.8) is 0 Å². The minimum atomic E-state index is 0.724. The molecule has 0 saturated carbocycles. The Bertz CT molecular complexity index is 616. The van der Waals surface area contributed by atoms with Gasteiger partial charge in [-0.15, -0.1) is 0 Å².